The highest BCUT2D eigenvalue weighted by atomic mass is 16.5. The van der Waals surface area contributed by atoms with Gasteiger partial charge < -0.3 is 20.3 Å². The van der Waals surface area contributed by atoms with Gasteiger partial charge in [0, 0.05) is 11.6 Å². The number of nitrogens with two attached hydrogens (primary N) is 1. The summed E-state index contributed by atoms with van der Waals surface area (Å²) in [5.74, 6) is 1.48. The monoisotopic (exact) mass is 239 g/mol. The highest BCUT2D eigenvalue weighted by molar-refractivity contribution is 5.42. The summed E-state index contributed by atoms with van der Waals surface area (Å²) >= 11 is 0. The van der Waals surface area contributed by atoms with Crippen molar-refractivity contribution in [1.82, 2.24) is 0 Å². The second-order valence-corrected chi connectivity index (χ2v) is 4.37. The number of hydrogen-bond donors (Lipinski definition) is 2. The molecule has 4 nitrogen and oxygen atoms in total. The Kier molecular flexibility index (Phi) is 4.78. The predicted octanol–water partition coefficient (Wildman–Crippen LogP) is 1.72. The minimum atomic E-state index is -0.764. The van der Waals surface area contributed by atoms with Crippen LogP contribution in [0.2, 0.25) is 0 Å². The van der Waals surface area contributed by atoms with Gasteiger partial charge in [-0.15, -0.1) is 0 Å². The van der Waals surface area contributed by atoms with Gasteiger partial charge in [-0.25, -0.2) is 0 Å². The lowest BCUT2D eigenvalue weighted by Crippen LogP contribution is -2.33. The summed E-state index contributed by atoms with van der Waals surface area (Å²) in [6, 6.07) is 4.97. The lowest BCUT2D eigenvalue weighted by molar-refractivity contribution is 0.122. The van der Waals surface area contributed by atoms with E-state index in [2.05, 4.69) is 0 Å². The second kappa shape index (κ2) is 5.89. The van der Waals surface area contributed by atoms with Crippen molar-refractivity contribution in [2.45, 2.75) is 26.0 Å². The van der Waals surface area contributed by atoms with E-state index in [9.17, 15) is 5.11 Å². The molecular formula is C13H21NO3. The molecular weight excluding hydrogens is 218 g/mol. The van der Waals surface area contributed by atoms with E-state index in [0.29, 0.717) is 17.1 Å². The van der Waals surface area contributed by atoms with Crippen molar-refractivity contribution in [2.24, 2.45) is 11.7 Å². The van der Waals surface area contributed by atoms with Crippen LogP contribution >= 0.6 is 0 Å². The van der Waals surface area contributed by atoms with Gasteiger partial charge in [0.05, 0.1) is 20.3 Å². The topological polar surface area (TPSA) is 64.7 Å². The van der Waals surface area contributed by atoms with Crippen molar-refractivity contribution in [3.8, 4) is 11.5 Å². The Morgan fingerprint density at radius 2 is 1.82 bits per heavy atom. The zero-order valence-electron chi connectivity index (χ0n) is 10.8. The number of methoxy groups -OCH3 is 2. The van der Waals surface area contributed by atoms with Gasteiger partial charge in [-0.3, -0.25) is 0 Å². The number of benzene rings is 1. The standard InChI is InChI=1S/C13H21NO3/c1-8(2)12(14)13(15)10-7-9(16-3)5-6-11(10)17-4/h5-8,12-13,15H,14H2,1-4H3. The normalized spacial score (nSPS) is 14.5. The summed E-state index contributed by atoms with van der Waals surface area (Å²) in [4.78, 5) is 0. The Hall–Kier alpha value is -1.26. The third-order valence-corrected chi connectivity index (χ3v) is 2.89. The van der Waals surface area contributed by atoms with Gasteiger partial charge in [0.15, 0.2) is 0 Å². The van der Waals surface area contributed by atoms with Crippen molar-refractivity contribution in [2.75, 3.05) is 14.2 Å². The molecule has 1 aromatic carbocycles. The van der Waals surface area contributed by atoms with Gasteiger partial charge in [0.25, 0.3) is 0 Å². The van der Waals surface area contributed by atoms with Crippen molar-refractivity contribution in [3.63, 3.8) is 0 Å². The average molecular weight is 239 g/mol. The van der Waals surface area contributed by atoms with Crippen LogP contribution in [0.25, 0.3) is 0 Å². The molecule has 0 radical (unpaired) electrons. The zero-order valence-corrected chi connectivity index (χ0v) is 10.8. The molecule has 2 unspecified atom stereocenters. The average Bonchev–Trinajstić information content (AvgIpc) is 2.35. The molecule has 3 N–H and O–H groups in total. The van der Waals surface area contributed by atoms with Gasteiger partial charge >= 0.3 is 0 Å². The fourth-order valence-corrected chi connectivity index (χ4v) is 1.64. The van der Waals surface area contributed by atoms with E-state index in [-0.39, 0.29) is 12.0 Å². The van der Waals surface area contributed by atoms with Crippen LogP contribution in [0.15, 0.2) is 18.2 Å². The molecule has 0 aliphatic heterocycles. The molecule has 0 bridgehead atoms. The molecule has 0 saturated carbocycles. The summed E-state index contributed by atoms with van der Waals surface area (Å²) < 4.78 is 10.4. The van der Waals surface area contributed by atoms with E-state index in [4.69, 9.17) is 15.2 Å². The van der Waals surface area contributed by atoms with Crippen LogP contribution in [0, 0.1) is 5.92 Å². The third-order valence-electron chi connectivity index (χ3n) is 2.89. The molecule has 17 heavy (non-hydrogen) atoms. The lowest BCUT2D eigenvalue weighted by atomic mass is 9.93. The van der Waals surface area contributed by atoms with E-state index >= 15 is 0 Å². The first-order valence-corrected chi connectivity index (χ1v) is 5.66. The van der Waals surface area contributed by atoms with Crippen LogP contribution in [-0.4, -0.2) is 25.4 Å². The SMILES string of the molecule is COc1ccc(OC)c(C(O)C(N)C(C)C)c1. The third kappa shape index (κ3) is 3.11. The molecule has 1 aromatic rings. The molecule has 0 amide bonds. The van der Waals surface area contributed by atoms with Crippen molar-refractivity contribution >= 4 is 0 Å². The van der Waals surface area contributed by atoms with Crippen molar-refractivity contribution < 1.29 is 14.6 Å². The Labute approximate surface area is 102 Å². The minimum Gasteiger partial charge on any atom is -0.497 e. The highest BCUT2D eigenvalue weighted by Crippen LogP contribution is 2.32. The van der Waals surface area contributed by atoms with Gasteiger partial charge in [-0.1, -0.05) is 13.8 Å². The first-order valence-electron chi connectivity index (χ1n) is 5.66. The Bertz CT molecular complexity index is 366. The molecule has 0 aliphatic rings. The van der Waals surface area contributed by atoms with Crippen LogP contribution < -0.4 is 15.2 Å². The first kappa shape index (κ1) is 13.8. The smallest absolute Gasteiger partial charge is 0.124 e. The molecule has 96 valence electrons. The van der Waals surface area contributed by atoms with Crippen molar-refractivity contribution in [1.29, 1.82) is 0 Å². The molecule has 1 rings (SSSR count). The minimum absolute atomic E-state index is 0.181. The maximum Gasteiger partial charge on any atom is 0.124 e. The van der Waals surface area contributed by atoms with Gasteiger partial charge in [0.1, 0.15) is 11.5 Å². The van der Waals surface area contributed by atoms with Crippen LogP contribution in [-0.2, 0) is 0 Å². The Balaban J connectivity index is 3.09. The maximum atomic E-state index is 10.2. The van der Waals surface area contributed by atoms with Crippen LogP contribution in [0.4, 0.5) is 0 Å². The number of aliphatic hydroxyl groups excluding tert-OH is 1. The summed E-state index contributed by atoms with van der Waals surface area (Å²) in [6.45, 7) is 3.95. The fraction of sp³-hybridized carbons (Fsp3) is 0.538. The van der Waals surface area contributed by atoms with Gasteiger partial charge in [-0.05, 0) is 24.1 Å². The van der Waals surface area contributed by atoms with E-state index in [1.54, 1.807) is 32.4 Å². The van der Waals surface area contributed by atoms with Crippen molar-refractivity contribution in [3.05, 3.63) is 23.8 Å². The van der Waals surface area contributed by atoms with Gasteiger partial charge in [-0.2, -0.15) is 0 Å². The quantitative estimate of drug-likeness (QED) is 0.821. The first-order chi connectivity index (χ1) is 8.01. The molecule has 0 fully saturated rings. The number of rotatable bonds is 5. The van der Waals surface area contributed by atoms with E-state index in [1.165, 1.54) is 0 Å². The van der Waals surface area contributed by atoms with Crippen LogP contribution in [0.3, 0.4) is 0 Å². The molecule has 2 atom stereocenters. The summed E-state index contributed by atoms with van der Waals surface area (Å²) in [5, 5.41) is 10.2. The molecule has 0 aromatic heterocycles. The Morgan fingerprint density at radius 3 is 2.29 bits per heavy atom. The molecule has 0 saturated heterocycles. The van der Waals surface area contributed by atoms with E-state index < -0.39 is 6.10 Å². The summed E-state index contributed by atoms with van der Waals surface area (Å²) in [6.07, 6.45) is -0.764. The molecule has 0 aliphatic carbocycles. The predicted molar refractivity (Wildman–Crippen MR) is 67.3 cm³/mol. The number of ether oxygens (including phenoxy) is 2. The largest absolute Gasteiger partial charge is 0.497 e. The number of aliphatic hydroxyl groups is 1. The van der Waals surface area contributed by atoms with E-state index in [0.717, 1.165) is 0 Å². The Morgan fingerprint density at radius 1 is 1.18 bits per heavy atom. The maximum absolute atomic E-state index is 10.2. The summed E-state index contributed by atoms with van der Waals surface area (Å²) in [7, 11) is 3.15. The van der Waals surface area contributed by atoms with E-state index in [1.807, 2.05) is 13.8 Å². The van der Waals surface area contributed by atoms with Crippen LogP contribution in [0.1, 0.15) is 25.5 Å². The molecule has 4 heteroatoms. The second-order valence-electron chi connectivity index (χ2n) is 4.37. The highest BCUT2D eigenvalue weighted by Gasteiger charge is 2.23. The molecule has 0 spiro atoms. The van der Waals surface area contributed by atoms with Crippen LogP contribution in [0.5, 0.6) is 11.5 Å². The molecule has 0 heterocycles. The fourth-order valence-electron chi connectivity index (χ4n) is 1.64. The lowest BCUT2D eigenvalue weighted by Gasteiger charge is -2.24. The number of hydrogen-bond acceptors (Lipinski definition) is 4. The van der Waals surface area contributed by atoms with Gasteiger partial charge in [0.2, 0.25) is 0 Å². The zero-order chi connectivity index (χ0) is 13.0. The summed E-state index contributed by atoms with van der Waals surface area (Å²) in [5.41, 5.74) is 6.62.